The fourth-order valence-corrected chi connectivity index (χ4v) is 5.10. The SMILES string of the molecule is CCc1c(C)c2c(c(O[Si](C)(C)C(C)(C)C)c1/C(C)=C1\[CH]CCC1)C(=O)OC2. The molecule has 28 heavy (non-hydrogen) atoms. The Kier molecular flexibility index (Phi) is 5.57. The summed E-state index contributed by atoms with van der Waals surface area (Å²) in [6, 6.07) is 0. The highest BCUT2D eigenvalue weighted by molar-refractivity contribution is 6.74. The van der Waals surface area contributed by atoms with Gasteiger partial charge >= 0.3 is 5.97 Å². The summed E-state index contributed by atoms with van der Waals surface area (Å²) in [6.45, 7) is 18.1. The van der Waals surface area contributed by atoms with Crippen molar-refractivity contribution in [3.63, 3.8) is 0 Å². The fraction of sp³-hybridized carbons (Fsp3) is 0.583. The molecular weight excluding hydrogens is 364 g/mol. The van der Waals surface area contributed by atoms with E-state index in [2.05, 4.69) is 61.1 Å². The largest absolute Gasteiger partial charge is 0.543 e. The number of allylic oxidation sites excluding steroid dienone is 2. The van der Waals surface area contributed by atoms with Crippen molar-refractivity contribution < 1.29 is 14.0 Å². The van der Waals surface area contributed by atoms with Gasteiger partial charge < -0.3 is 9.16 Å². The highest BCUT2D eigenvalue weighted by atomic mass is 28.4. The van der Waals surface area contributed by atoms with Gasteiger partial charge in [0.2, 0.25) is 0 Å². The number of hydrogen-bond donors (Lipinski definition) is 0. The Balaban J connectivity index is 2.33. The van der Waals surface area contributed by atoms with Crippen molar-refractivity contribution in [3.8, 4) is 5.75 Å². The molecule has 0 N–H and O–H groups in total. The van der Waals surface area contributed by atoms with Crippen LogP contribution in [0.1, 0.15) is 86.5 Å². The third-order valence-corrected chi connectivity index (χ3v) is 11.3. The van der Waals surface area contributed by atoms with Gasteiger partial charge in [0.15, 0.2) is 0 Å². The van der Waals surface area contributed by atoms with Crippen molar-refractivity contribution in [2.24, 2.45) is 0 Å². The molecule has 2 aliphatic rings. The maximum absolute atomic E-state index is 12.8. The fourth-order valence-electron chi connectivity index (χ4n) is 4.08. The lowest BCUT2D eigenvalue weighted by Gasteiger charge is -2.38. The van der Waals surface area contributed by atoms with Crippen molar-refractivity contribution in [1.29, 1.82) is 0 Å². The Labute approximate surface area is 171 Å². The number of benzene rings is 1. The third-order valence-electron chi connectivity index (χ3n) is 6.93. The topological polar surface area (TPSA) is 35.5 Å². The lowest BCUT2D eigenvalue weighted by atomic mass is 9.86. The van der Waals surface area contributed by atoms with E-state index in [0.29, 0.717) is 12.2 Å². The van der Waals surface area contributed by atoms with Crippen LogP contribution >= 0.6 is 0 Å². The van der Waals surface area contributed by atoms with Crippen LogP contribution < -0.4 is 4.43 Å². The molecule has 3 nitrogen and oxygen atoms in total. The molecule has 1 aliphatic heterocycles. The number of hydrogen-bond acceptors (Lipinski definition) is 3. The average molecular weight is 400 g/mol. The second-order valence-corrected chi connectivity index (χ2v) is 14.4. The summed E-state index contributed by atoms with van der Waals surface area (Å²) in [5.74, 6) is 0.556. The van der Waals surface area contributed by atoms with Crippen molar-refractivity contribution in [1.82, 2.24) is 0 Å². The van der Waals surface area contributed by atoms with Gasteiger partial charge in [-0.3, -0.25) is 0 Å². The van der Waals surface area contributed by atoms with E-state index in [1.165, 1.54) is 28.7 Å². The van der Waals surface area contributed by atoms with Crippen LogP contribution in [0.2, 0.25) is 18.1 Å². The standard InChI is InChI=1S/C24H35O3Si/c1-9-18-16(3)19-14-26-23(25)21(19)22(27-28(7,8)24(4,5)6)20(18)15(2)17-12-10-11-13-17/h12H,9-11,13-14H2,1-8H3/b17-15+. The lowest BCUT2D eigenvalue weighted by molar-refractivity contribution is 0.0533. The first-order valence-corrected chi connectivity index (χ1v) is 13.5. The van der Waals surface area contributed by atoms with E-state index in [-0.39, 0.29) is 11.0 Å². The van der Waals surface area contributed by atoms with Crippen LogP contribution in [0.25, 0.3) is 5.57 Å². The van der Waals surface area contributed by atoms with Crippen LogP contribution in [0.5, 0.6) is 5.75 Å². The second-order valence-electron chi connectivity index (χ2n) is 9.70. The van der Waals surface area contributed by atoms with E-state index in [0.717, 1.165) is 36.1 Å². The second kappa shape index (κ2) is 7.36. The molecule has 1 saturated carbocycles. The summed E-state index contributed by atoms with van der Waals surface area (Å²) in [5, 5.41) is 0.0530. The van der Waals surface area contributed by atoms with E-state index in [1.807, 2.05) is 0 Å². The summed E-state index contributed by atoms with van der Waals surface area (Å²) in [7, 11) is -2.13. The number of cyclic esters (lactones) is 1. The quantitative estimate of drug-likeness (QED) is 0.414. The molecule has 0 saturated heterocycles. The van der Waals surface area contributed by atoms with Gasteiger partial charge in [0.1, 0.15) is 17.9 Å². The van der Waals surface area contributed by atoms with Gasteiger partial charge in [0, 0.05) is 11.1 Å². The van der Waals surface area contributed by atoms with Gasteiger partial charge in [-0.2, -0.15) is 0 Å². The molecule has 0 aromatic heterocycles. The van der Waals surface area contributed by atoms with Gasteiger partial charge in [-0.1, -0.05) is 33.3 Å². The first-order chi connectivity index (χ1) is 13.0. The van der Waals surface area contributed by atoms with Gasteiger partial charge in [-0.15, -0.1) is 0 Å². The minimum atomic E-state index is -2.13. The third kappa shape index (κ3) is 3.45. The molecule has 4 heteroatoms. The van der Waals surface area contributed by atoms with Crippen LogP contribution in [-0.4, -0.2) is 14.3 Å². The molecule has 0 amide bonds. The number of esters is 1. The zero-order chi connectivity index (χ0) is 20.9. The van der Waals surface area contributed by atoms with Crippen molar-refractivity contribution in [2.45, 2.75) is 92.0 Å². The van der Waals surface area contributed by atoms with Gasteiger partial charge in [-0.05, 0) is 80.8 Å². The predicted octanol–water partition coefficient (Wildman–Crippen LogP) is 6.77. The van der Waals surface area contributed by atoms with Crippen LogP contribution in [-0.2, 0) is 17.8 Å². The molecule has 1 fully saturated rings. The van der Waals surface area contributed by atoms with E-state index >= 15 is 0 Å². The first kappa shape index (κ1) is 21.2. The molecule has 1 aromatic rings. The lowest BCUT2D eigenvalue weighted by Crippen LogP contribution is -2.44. The van der Waals surface area contributed by atoms with E-state index in [9.17, 15) is 4.79 Å². The van der Waals surface area contributed by atoms with Gasteiger partial charge in [-0.25, -0.2) is 4.79 Å². The molecule has 0 spiro atoms. The Bertz CT molecular complexity index is 833. The molecule has 1 aliphatic carbocycles. The predicted molar refractivity (Wildman–Crippen MR) is 118 cm³/mol. The monoisotopic (exact) mass is 399 g/mol. The molecule has 0 atom stereocenters. The van der Waals surface area contributed by atoms with E-state index < -0.39 is 8.32 Å². The molecule has 3 rings (SSSR count). The van der Waals surface area contributed by atoms with E-state index in [1.54, 1.807) is 0 Å². The Morgan fingerprint density at radius 1 is 1.29 bits per heavy atom. The summed E-state index contributed by atoms with van der Waals surface area (Å²) in [6.07, 6.45) is 6.72. The number of fused-ring (bicyclic) bond motifs is 1. The normalized spacial score (nSPS) is 18.9. The molecule has 1 aromatic carbocycles. The summed E-state index contributed by atoms with van der Waals surface area (Å²) < 4.78 is 12.4. The molecule has 0 unspecified atom stereocenters. The highest BCUT2D eigenvalue weighted by Gasteiger charge is 2.42. The number of rotatable bonds is 4. The Morgan fingerprint density at radius 2 is 1.96 bits per heavy atom. The zero-order valence-corrected chi connectivity index (χ0v) is 19.8. The molecule has 0 bridgehead atoms. The molecule has 1 radical (unpaired) electrons. The maximum atomic E-state index is 12.8. The summed E-state index contributed by atoms with van der Waals surface area (Å²) in [5.41, 5.74) is 8.01. The Hall–Kier alpha value is -1.55. The summed E-state index contributed by atoms with van der Waals surface area (Å²) in [4.78, 5) is 12.8. The minimum Gasteiger partial charge on any atom is -0.543 e. The van der Waals surface area contributed by atoms with Gasteiger partial charge in [0.05, 0.1) is 0 Å². The van der Waals surface area contributed by atoms with Crippen molar-refractivity contribution >= 4 is 19.9 Å². The maximum Gasteiger partial charge on any atom is 0.342 e. The van der Waals surface area contributed by atoms with Crippen LogP contribution in [0.4, 0.5) is 0 Å². The molecular formula is C24H35O3Si. The highest BCUT2D eigenvalue weighted by Crippen LogP contribution is 2.47. The number of ether oxygens (including phenoxy) is 1. The minimum absolute atomic E-state index is 0.0530. The first-order valence-electron chi connectivity index (χ1n) is 10.6. The zero-order valence-electron chi connectivity index (χ0n) is 18.8. The van der Waals surface area contributed by atoms with Crippen LogP contribution in [0, 0.1) is 13.3 Å². The van der Waals surface area contributed by atoms with E-state index in [4.69, 9.17) is 9.16 Å². The Morgan fingerprint density at radius 3 is 2.50 bits per heavy atom. The number of carbonyl (C=O) groups excluding carboxylic acids is 1. The van der Waals surface area contributed by atoms with Crippen LogP contribution in [0.15, 0.2) is 5.57 Å². The smallest absolute Gasteiger partial charge is 0.342 e. The average Bonchev–Trinajstić information content (AvgIpc) is 3.25. The van der Waals surface area contributed by atoms with Gasteiger partial charge in [0.25, 0.3) is 8.32 Å². The molecule has 153 valence electrons. The summed E-state index contributed by atoms with van der Waals surface area (Å²) >= 11 is 0. The van der Waals surface area contributed by atoms with Crippen molar-refractivity contribution in [3.05, 3.63) is 39.8 Å². The molecule has 1 heterocycles. The van der Waals surface area contributed by atoms with Crippen LogP contribution in [0.3, 0.4) is 0 Å². The van der Waals surface area contributed by atoms with Crippen molar-refractivity contribution in [2.75, 3.05) is 0 Å². The number of carbonyl (C=O) groups is 1.